The lowest BCUT2D eigenvalue weighted by Crippen LogP contribution is -2.50. The van der Waals surface area contributed by atoms with Crippen molar-refractivity contribution < 1.29 is 23.9 Å². The van der Waals surface area contributed by atoms with Gasteiger partial charge >= 0.3 is 5.97 Å². The third kappa shape index (κ3) is 6.05. The van der Waals surface area contributed by atoms with Crippen LogP contribution in [0.25, 0.3) is 0 Å². The van der Waals surface area contributed by atoms with Gasteiger partial charge < -0.3 is 19.7 Å². The molecule has 31 heavy (non-hydrogen) atoms. The van der Waals surface area contributed by atoms with Crippen LogP contribution in [0.1, 0.15) is 27.6 Å². The molecule has 0 bridgehead atoms. The first-order chi connectivity index (χ1) is 15.0. The van der Waals surface area contributed by atoms with Gasteiger partial charge in [-0.3, -0.25) is 19.3 Å². The van der Waals surface area contributed by atoms with Crippen molar-refractivity contribution in [2.24, 2.45) is 0 Å². The Balaban J connectivity index is 1.45. The van der Waals surface area contributed by atoms with Gasteiger partial charge in [0.25, 0.3) is 11.8 Å². The molecule has 0 atom stereocenters. The quantitative estimate of drug-likeness (QED) is 0.538. The Labute approximate surface area is 181 Å². The SMILES string of the molecule is COc1ccc(C(=O)NCCN2CCN(C(=O)c3ccccc3OC(C)=O)CC2)cc1. The summed E-state index contributed by atoms with van der Waals surface area (Å²) in [7, 11) is 1.58. The van der Waals surface area contributed by atoms with Crippen LogP contribution in [0.5, 0.6) is 11.5 Å². The monoisotopic (exact) mass is 425 g/mol. The highest BCUT2D eigenvalue weighted by Crippen LogP contribution is 2.21. The summed E-state index contributed by atoms with van der Waals surface area (Å²) in [4.78, 5) is 40.3. The van der Waals surface area contributed by atoms with E-state index in [-0.39, 0.29) is 17.6 Å². The molecule has 2 amide bonds. The number of methoxy groups -OCH3 is 1. The number of benzene rings is 2. The maximum absolute atomic E-state index is 12.9. The maximum Gasteiger partial charge on any atom is 0.308 e. The van der Waals surface area contributed by atoms with Gasteiger partial charge in [-0.2, -0.15) is 0 Å². The molecule has 2 aromatic carbocycles. The topological polar surface area (TPSA) is 88.2 Å². The molecule has 0 aromatic heterocycles. The molecule has 1 heterocycles. The Hall–Kier alpha value is -3.39. The standard InChI is InChI=1S/C23H27N3O5/c1-17(27)31-21-6-4-3-5-20(21)23(29)26-15-13-25(14-16-26)12-11-24-22(28)18-7-9-19(30-2)10-8-18/h3-10H,11-16H2,1-2H3,(H,24,28). The van der Waals surface area contributed by atoms with Gasteiger partial charge in [-0.1, -0.05) is 12.1 Å². The second kappa shape index (κ2) is 10.6. The summed E-state index contributed by atoms with van der Waals surface area (Å²) in [5.74, 6) is 0.257. The molecule has 0 aliphatic carbocycles. The molecule has 0 saturated carbocycles. The summed E-state index contributed by atoms with van der Waals surface area (Å²) in [6.07, 6.45) is 0. The van der Waals surface area contributed by atoms with E-state index in [0.717, 1.165) is 0 Å². The van der Waals surface area contributed by atoms with Gasteiger partial charge in [0.05, 0.1) is 12.7 Å². The molecular weight excluding hydrogens is 398 g/mol. The van der Waals surface area contributed by atoms with Crippen molar-refractivity contribution in [3.8, 4) is 11.5 Å². The second-order valence-corrected chi connectivity index (χ2v) is 7.21. The zero-order chi connectivity index (χ0) is 22.2. The molecule has 3 rings (SSSR count). The molecule has 1 aliphatic heterocycles. The summed E-state index contributed by atoms with van der Waals surface area (Å²) in [6, 6.07) is 13.7. The number of amides is 2. The van der Waals surface area contributed by atoms with Crippen molar-refractivity contribution in [3.63, 3.8) is 0 Å². The minimum atomic E-state index is -0.457. The molecule has 1 saturated heterocycles. The van der Waals surface area contributed by atoms with Crippen LogP contribution >= 0.6 is 0 Å². The fourth-order valence-electron chi connectivity index (χ4n) is 3.40. The number of rotatable bonds is 7. The Morgan fingerprint density at radius 1 is 0.968 bits per heavy atom. The average Bonchev–Trinajstić information content (AvgIpc) is 2.79. The van der Waals surface area contributed by atoms with E-state index in [0.29, 0.717) is 56.1 Å². The van der Waals surface area contributed by atoms with E-state index in [9.17, 15) is 14.4 Å². The van der Waals surface area contributed by atoms with E-state index in [1.807, 2.05) is 0 Å². The smallest absolute Gasteiger partial charge is 0.308 e. The molecule has 8 heteroatoms. The molecule has 8 nitrogen and oxygen atoms in total. The van der Waals surface area contributed by atoms with Crippen molar-refractivity contribution >= 4 is 17.8 Å². The third-order valence-electron chi connectivity index (χ3n) is 5.10. The average molecular weight is 425 g/mol. The number of carbonyl (C=O) groups is 3. The van der Waals surface area contributed by atoms with Crippen molar-refractivity contribution in [2.75, 3.05) is 46.4 Å². The number of para-hydroxylation sites is 1. The zero-order valence-electron chi connectivity index (χ0n) is 17.8. The van der Waals surface area contributed by atoms with Crippen molar-refractivity contribution in [1.29, 1.82) is 0 Å². The van der Waals surface area contributed by atoms with E-state index in [2.05, 4.69) is 10.2 Å². The highest BCUT2D eigenvalue weighted by Gasteiger charge is 2.24. The number of hydrogen-bond acceptors (Lipinski definition) is 6. The Bertz CT molecular complexity index is 921. The fourth-order valence-corrected chi connectivity index (χ4v) is 3.40. The van der Waals surface area contributed by atoms with Gasteiger partial charge in [0.1, 0.15) is 11.5 Å². The van der Waals surface area contributed by atoms with E-state index >= 15 is 0 Å². The molecule has 1 aliphatic rings. The number of carbonyl (C=O) groups excluding carboxylic acids is 3. The summed E-state index contributed by atoms with van der Waals surface area (Å²) in [5.41, 5.74) is 0.973. The molecule has 1 fully saturated rings. The van der Waals surface area contributed by atoms with Crippen molar-refractivity contribution in [2.45, 2.75) is 6.92 Å². The van der Waals surface area contributed by atoms with Crippen molar-refractivity contribution in [3.05, 3.63) is 59.7 Å². The lowest BCUT2D eigenvalue weighted by atomic mass is 10.1. The minimum Gasteiger partial charge on any atom is -0.497 e. The van der Waals surface area contributed by atoms with Gasteiger partial charge in [0.15, 0.2) is 0 Å². The number of ether oxygens (including phenoxy) is 2. The second-order valence-electron chi connectivity index (χ2n) is 7.21. The van der Waals surface area contributed by atoms with Crippen LogP contribution in [-0.4, -0.2) is 74.0 Å². The molecule has 0 radical (unpaired) electrons. The first-order valence-corrected chi connectivity index (χ1v) is 10.2. The largest absolute Gasteiger partial charge is 0.497 e. The lowest BCUT2D eigenvalue weighted by molar-refractivity contribution is -0.131. The van der Waals surface area contributed by atoms with Crippen molar-refractivity contribution in [1.82, 2.24) is 15.1 Å². The summed E-state index contributed by atoms with van der Waals surface area (Å²) in [6.45, 7) is 5.09. The number of nitrogens with zero attached hydrogens (tertiary/aromatic N) is 2. The van der Waals surface area contributed by atoms with Crippen LogP contribution in [0.4, 0.5) is 0 Å². The molecule has 0 unspecified atom stereocenters. The first kappa shape index (κ1) is 22.3. The summed E-state index contributed by atoms with van der Waals surface area (Å²) in [5, 5.41) is 2.92. The van der Waals surface area contributed by atoms with Gasteiger partial charge in [-0.05, 0) is 36.4 Å². The predicted octanol–water partition coefficient (Wildman–Crippen LogP) is 1.81. The van der Waals surface area contributed by atoms with Crippen LogP contribution < -0.4 is 14.8 Å². The molecule has 164 valence electrons. The lowest BCUT2D eigenvalue weighted by Gasteiger charge is -2.35. The summed E-state index contributed by atoms with van der Waals surface area (Å²) >= 11 is 0. The van der Waals surface area contributed by atoms with E-state index in [1.165, 1.54) is 6.92 Å². The maximum atomic E-state index is 12.9. The Morgan fingerprint density at radius 3 is 2.29 bits per heavy atom. The van der Waals surface area contributed by atoms with Crippen LogP contribution in [0, 0.1) is 0 Å². The van der Waals surface area contributed by atoms with Crippen LogP contribution in [0.15, 0.2) is 48.5 Å². The Kier molecular flexibility index (Phi) is 7.61. The van der Waals surface area contributed by atoms with Gasteiger partial charge in [0, 0.05) is 51.8 Å². The normalized spacial score (nSPS) is 14.1. The number of hydrogen-bond donors (Lipinski definition) is 1. The third-order valence-corrected chi connectivity index (χ3v) is 5.10. The zero-order valence-corrected chi connectivity index (χ0v) is 17.8. The molecule has 1 N–H and O–H groups in total. The molecule has 0 spiro atoms. The Morgan fingerprint density at radius 2 is 1.65 bits per heavy atom. The highest BCUT2D eigenvalue weighted by molar-refractivity contribution is 5.97. The van der Waals surface area contributed by atoms with E-state index in [4.69, 9.17) is 9.47 Å². The first-order valence-electron chi connectivity index (χ1n) is 10.2. The number of esters is 1. The van der Waals surface area contributed by atoms with Gasteiger partial charge in [-0.25, -0.2) is 0 Å². The molecule has 2 aromatic rings. The fraction of sp³-hybridized carbons (Fsp3) is 0.348. The van der Waals surface area contributed by atoms with Crippen LogP contribution in [0.2, 0.25) is 0 Å². The number of nitrogens with one attached hydrogen (secondary N) is 1. The predicted molar refractivity (Wildman–Crippen MR) is 115 cm³/mol. The van der Waals surface area contributed by atoms with E-state index < -0.39 is 5.97 Å². The van der Waals surface area contributed by atoms with E-state index in [1.54, 1.807) is 60.5 Å². The van der Waals surface area contributed by atoms with Crippen LogP contribution in [-0.2, 0) is 4.79 Å². The number of piperazine rings is 1. The van der Waals surface area contributed by atoms with Crippen LogP contribution in [0.3, 0.4) is 0 Å². The van der Waals surface area contributed by atoms with Gasteiger partial charge in [-0.15, -0.1) is 0 Å². The summed E-state index contributed by atoms with van der Waals surface area (Å²) < 4.78 is 10.3. The van der Waals surface area contributed by atoms with Gasteiger partial charge in [0.2, 0.25) is 0 Å². The minimum absolute atomic E-state index is 0.126. The highest BCUT2D eigenvalue weighted by atomic mass is 16.5. The molecular formula is C23H27N3O5.